The van der Waals surface area contributed by atoms with Gasteiger partial charge in [-0.3, -0.25) is 9.59 Å². The summed E-state index contributed by atoms with van der Waals surface area (Å²) in [7, 11) is 0. The molecule has 2 aromatic rings. The highest BCUT2D eigenvalue weighted by Crippen LogP contribution is 2.25. The van der Waals surface area contributed by atoms with Crippen LogP contribution >= 0.6 is 0 Å². The van der Waals surface area contributed by atoms with Crippen LogP contribution in [0.3, 0.4) is 0 Å². The quantitative estimate of drug-likeness (QED) is 0.786. The highest BCUT2D eigenvalue weighted by atomic mass is 19.1. The Kier molecular flexibility index (Phi) is 5.17. The van der Waals surface area contributed by atoms with Crippen molar-refractivity contribution in [1.82, 2.24) is 14.9 Å². The second kappa shape index (κ2) is 7.52. The molecule has 1 aromatic carbocycles. The van der Waals surface area contributed by atoms with Gasteiger partial charge in [-0.1, -0.05) is 0 Å². The van der Waals surface area contributed by atoms with Gasteiger partial charge in [0.25, 0.3) is 5.91 Å². The minimum atomic E-state index is -1.08. The van der Waals surface area contributed by atoms with E-state index in [1.807, 2.05) is 0 Å². The molecule has 0 bridgehead atoms. The van der Waals surface area contributed by atoms with Crippen LogP contribution in [0.25, 0.3) is 0 Å². The summed E-state index contributed by atoms with van der Waals surface area (Å²) in [6.45, 7) is 0.734. The molecule has 1 aliphatic heterocycles. The molecule has 1 fully saturated rings. The van der Waals surface area contributed by atoms with E-state index in [9.17, 15) is 14.0 Å². The number of carbonyl (C=O) groups is 2. The minimum absolute atomic E-state index is 0.00563. The van der Waals surface area contributed by atoms with E-state index in [2.05, 4.69) is 9.97 Å². The lowest BCUT2D eigenvalue weighted by molar-refractivity contribution is -0.142. The Labute approximate surface area is 149 Å². The molecule has 1 saturated heterocycles. The lowest BCUT2D eigenvalue weighted by Crippen LogP contribution is -2.58. The average Bonchev–Trinajstić information content (AvgIpc) is 3.15. The SMILES string of the molecule is NC(=O)C[C@]1(COc2ccc(F)cc2)CN(C(=O)c2cnc[nH]2)CCO1. The second-order valence-electron chi connectivity index (χ2n) is 6.11. The molecule has 0 spiro atoms. The third kappa shape index (κ3) is 4.17. The van der Waals surface area contributed by atoms with Crippen molar-refractivity contribution in [1.29, 1.82) is 0 Å². The van der Waals surface area contributed by atoms with Gasteiger partial charge in [-0.15, -0.1) is 0 Å². The van der Waals surface area contributed by atoms with Crippen LogP contribution in [-0.2, 0) is 9.53 Å². The van der Waals surface area contributed by atoms with E-state index < -0.39 is 11.5 Å². The molecule has 0 unspecified atom stereocenters. The molecule has 2 heterocycles. The monoisotopic (exact) mass is 362 g/mol. The van der Waals surface area contributed by atoms with Crippen LogP contribution in [0.1, 0.15) is 16.9 Å². The molecular formula is C17H19FN4O4. The van der Waals surface area contributed by atoms with Crippen LogP contribution in [0.5, 0.6) is 5.75 Å². The van der Waals surface area contributed by atoms with Gasteiger partial charge in [0, 0.05) is 6.54 Å². The van der Waals surface area contributed by atoms with Crippen molar-refractivity contribution >= 4 is 11.8 Å². The standard InChI is InChI=1S/C17H19FN4O4/c18-12-1-3-13(4-2-12)25-10-17(7-15(19)23)9-22(5-6-26-17)16(24)14-8-20-11-21-14/h1-4,8,11H,5-7,9-10H2,(H2,19,23)(H,20,21)/t17-/m1/s1. The molecule has 0 aliphatic carbocycles. The zero-order valence-electron chi connectivity index (χ0n) is 14.0. The number of amides is 2. The molecular weight excluding hydrogens is 343 g/mol. The lowest BCUT2D eigenvalue weighted by atomic mass is 9.97. The number of H-pyrrole nitrogens is 1. The van der Waals surface area contributed by atoms with Gasteiger partial charge in [0.2, 0.25) is 5.91 Å². The third-order valence-corrected chi connectivity index (χ3v) is 4.08. The maximum atomic E-state index is 13.0. The fraction of sp³-hybridized carbons (Fsp3) is 0.353. The summed E-state index contributed by atoms with van der Waals surface area (Å²) in [5.74, 6) is -0.768. The van der Waals surface area contributed by atoms with Gasteiger partial charge < -0.3 is 25.1 Å². The third-order valence-electron chi connectivity index (χ3n) is 4.08. The summed E-state index contributed by atoms with van der Waals surface area (Å²) < 4.78 is 24.5. The fourth-order valence-electron chi connectivity index (χ4n) is 2.87. The molecule has 3 rings (SSSR count). The Morgan fingerprint density at radius 1 is 1.38 bits per heavy atom. The Morgan fingerprint density at radius 2 is 2.15 bits per heavy atom. The molecule has 0 saturated carbocycles. The van der Waals surface area contributed by atoms with Gasteiger partial charge >= 0.3 is 0 Å². The second-order valence-corrected chi connectivity index (χ2v) is 6.11. The van der Waals surface area contributed by atoms with E-state index in [0.29, 0.717) is 18.0 Å². The van der Waals surface area contributed by atoms with Crippen LogP contribution in [0.4, 0.5) is 4.39 Å². The molecule has 0 radical (unpaired) electrons. The number of halogens is 1. The number of nitrogens with one attached hydrogen (secondary N) is 1. The molecule has 138 valence electrons. The summed E-state index contributed by atoms with van der Waals surface area (Å²) >= 11 is 0. The van der Waals surface area contributed by atoms with Crippen molar-refractivity contribution < 1.29 is 23.5 Å². The van der Waals surface area contributed by atoms with E-state index in [1.165, 1.54) is 36.8 Å². The van der Waals surface area contributed by atoms with Crippen LogP contribution in [0.15, 0.2) is 36.8 Å². The lowest BCUT2D eigenvalue weighted by Gasteiger charge is -2.41. The molecule has 9 heteroatoms. The predicted molar refractivity (Wildman–Crippen MR) is 88.9 cm³/mol. The van der Waals surface area contributed by atoms with Crippen molar-refractivity contribution in [3.8, 4) is 5.75 Å². The summed E-state index contributed by atoms with van der Waals surface area (Å²) in [4.78, 5) is 32.3. The first-order chi connectivity index (χ1) is 12.5. The van der Waals surface area contributed by atoms with Gasteiger partial charge in [0.05, 0.1) is 32.1 Å². The molecule has 1 aromatic heterocycles. The summed E-state index contributed by atoms with van der Waals surface area (Å²) in [5.41, 5.74) is 4.64. The van der Waals surface area contributed by atoms with E-state index >= 15 is 0 Å². The number of aromatic amines is 1. The van der Waals surface area contributed by atoms with E-state index in [4.69, 9.17) is 15.2 Å². The molecule has 26 heavy (non-hydrogen) atoms. The number of hydrogen-bond acceptors (Lipinski definition) is 5. The zero-order valence-corrected chi connectivity index (χ0v) is 14.0. The number of ether oxygens (including phenoxy) is 2. The van der Waals surface area contributed by atoms with Gasteiger partial charge in [0.1, 0.15) is 29.5 Å². The number of benzene rings is 1. The normalized spacial score (nSPS) is 20.0. The fourth-order valence-corrected chi connectivity index (χ4v) is 2.87. The Morgan fingerprint density at radius 3 is 2.81 bits per heavy atom. The molecule has 1 aliphatic rings. The summed E-state index contributed by atoms with van der Waals surface area (Å²) in [6.07, 6.45) is 2.74. The number of carbonyl (C=O) groups excluding carboxylic acids is 2. The van der Waals surface area contributed by atoms with Gasteiger partial charge in [-0.05, 0) is 24.3 Å². The first-order valence-corrected chi connectivity index (χ1v) is 8.06. The topological polar surface area (TPSA) is 111 Å². The van der Waals surface area contributed by atoms with Crippen molar-refractivity contribution in [2.24, 2.45) is 5.73 Å². The van der Waals surface area contributed by atoms with Gasteiger partial charge in [-0.2, -0.15) is 0 Å². The molecule has 2 amide bonds. The van der Waals surface area contributed by atoms with Gasteiger partial charge in [0.15, 0.2) is 0 Å². The molecule has 3 N–H and O–H groups in total. The summed E-state index contributed by atoms with van der Waals surface area (Å²) in [6, 6.07) is 5.49. The Bertz CT molecular complexity index is 766. The number of morpholine rings is 1. The average molecular weight is 362 g/mol. The number of nitrogens with zero attached hydrogens (tertiary/aromatic N) is 2. The van der Waals surface area contributed by atoms with E-state index in [-0.39, 0.29) is 37.9 Å². The number of nitrogens with two attached hydrogens (primary N) is 1. The van der Waals surface area contributed by atoms with Crippen molar-refractivity contribution in [2.45, 2.75) is 12.0 Å². The number of imidazole rings is 1. The van der Waals surface area contributed by atoms with Crippen molar-refractivity contribution in [3.05, 3.63) is 48.3 Å². The van der Waals surface area contributed by atoms with Crippen LogP contribution in [-0.4, -0.2) is 58.6 Å². The highest BCUT2D eigenvalue weighted by molar-refractivity contribution is 5.92. The minimum Gasteiger partial charge on any atom is -0.490 e. The number of rotatable bonds is 6. The first-order valence-electron chi connectivity index (χ1n) is 8.06. The number of hydrogen-bond donors (Lipinski definition) is 2. The zero-order chi connectivity index (χ0) is 18.6. The first kappa shape index (κ1) is 17.9. The molecule has 8 nitrogen and oxygen atoms in total. The Hall–Kier alpha value is -2.94. The van der Waals surface area contributed by atoms with Crippen molar-refractivity contribution in [2.75, 3.05) is 26.3 Å². The van der Waals surface area contributed by atoms with Crippen LogP contribution in [0.2, 0.25) is 0 Å². The van der Waals surface area contributed by atoms with Crippen LogP contribution in [0, 0.1) is 5.82 Å². The largest absolute Gasteiger partial charge is 0.490 e. The van der Waals surface area contributed by atoms with E-state index in [1.54, 1.807) is 4.90 Å². The predicted octanol–water partition coefficient (Wildman–Crippen LogP) is 0.714. The maximum absolute atomic E-state index is 13.0. The number of aromatic nitrogens is 2. The van der Waals surface area contributed by atoms with Crippen molar-refractivity contribution in [3.63, 3.8) is 0 Å². The number of primary amides is 1. The Balaban J connectivity index is 1.74. The smallest absolute Gasteiger partial charge is 0.272 e. The summed E-state index contributed by atoms with van der Waals surface area (Å²) in [5, 5.41) is 0. The highest BCUT2D eigenvalue weighted by Gasteiger charge is 2.41. The molecule has 1 atom stereocenters. The van der Waals surface area contributed by atoms with Gasteiger partial charge in [-0.25, -0.2) is 9.37 Å². The maximum Gasteiger partial charge on any atom is 0.272 e. The van der Waals surface area contributed by atoms with Crippen LogP contribution < -0.4 is 10.5 Å². The van der Waals surface area contributed by atoms with E-state index in [0.717, 1.165) is 0 Å².